The predicted octanol–water partition coefficient (Wildman–Crippen LogP) is 1.57. The van der Waals surface area contributed by atoms with Crippen molar-refractivity contribution in [3.63, 3.8) is 0 Å². The summed E-state index contributed by atoms with van der Waals surface area (Å²) in [5.74, 6) is -0.673. The molecule has 0 aliphatic heterocycles. The highest BCUT2D eigenvalue weighted by molar-refractivity contribution is 5.48. The number of phenolic OH excluding ortho intramolecular Hbond substituents is 1. The molecule has 1 aromatic rings. The van der Waals surface area contributed by atoms with Crippen molar-refractivity contribution in [2.24, 2.45) is 5.73 Å². The maximum Gasteiger partial charge on any atom is 0.310 e. The van der Waals surface area contributed by atoms with Crippen LogP contribution in [0.3, 0.4) is 0 Å². The summed E-state index contributed by atoms with van der Waals surface area (Å²) in [5, 5.41) is 19.5. The van der Waals surface area contributed by atoms with Crippen molar-refractivity contribution in [3.8, 4) is 5.75 Å². The van der Waals surface area contributed by atoms with Crippen molar-refractivity contribution in [1.82, 2.24) is 0 Å². The first kappa shape index (κ1) is 11.3. The van der Waals surface area contributed by atoms with Gasteiger partial charge in [-0.2, -0.15) is 0 Å². The quantitative estimate of drug-likeness (QED) is 0.595. The number of benzene rings is 1. The van der Waals surface area contributed by atoms with E-state index >= 15 is 0 Å². The Morgan fingerprint density at radius 3 is 2.47 bits per heavy atom. The molecule has 0 spiro atoms. The average molecular weight is 218 g/mol. The van der Waals surface area contributed by atoms with Crippen molar-refractivity contribution >= 4 is 5.69 Å². The Morgan fingerprint density at radius 2 is 2.07 bits per heavy atom. The number of nitro groups is 1. The maximum absolute atomic E-state index is 12.2. The molecule has 3 N–H and O–H groups in total. The normalized spacial score (nSPS) is 12.8. The molecule has 15 heavy (non-hydrogen) atoms. The fourth-order valence-corrected chi connectivity index (χ4v) is 1.05. The van der Waals surface area contributed by atoms with E-state index in [-0.39, 0.29) is 5.56 Å². The third-order valence-corrected chi connectivity index (χ3v) is 1.85. The zero-order chi connectivity index (χ0) is 11.6. The van der Waals surface area contributed by atoms with Crippen molar-refractivity contribution in [2.75, 3.05) is 0 Å². The summed E-state index contributed by atoms with van der Waals surface area (Å²) in [7, 11) is 0. The van der Waals surface area contributed by atoms with Gasteiger partial charge in [0.25, 0.3) is 6.43 Å². The van der Waals surface area contributed by atoms with E-state index in [1.807, 2.05) is 0 Å². The van der Waals surface area contributed by atoms with Crippen molar-refractivity contribution in [3.05, 3.63) is 33.9 Å². The highest BCUT2D eigenvalue weighted by atomic mass is 19.3. The largest absolute Gasteiger partial charge is 0.502 e. The molecule has 1 rings (SSSR count). The Bertz CT molecular complexity index is 384. The third-order valence-electron chi connectivity index (χ3n) is 1.85. The van der Waals surface area contributed by atoms with Crippen LogP contribution in [0, 0.1) is 10.1 Å². The molecule has 1 atom stereocenters. The number of phenols is 1. The molecule has 82 valence electrons. The molecule has 0 saturated heterocycles. The van der Waals surface area contributed by atoms with Gasteiger partial charge in [0.05, 0.1) is 11.0 Å². The van der Waals surface area contributed by atoms with E-state index in [9.17, 15) is 18.9 Å². The van der Waals surface area contributed by atoms with E-state index in [0.29, 0.717) is 0 Å². The lowest BCUT2D eigenvalue weighted by Gasteiger charge is -2.10. The van der Waals surface area contributed by atoms with Crippen LogP contribution in [0.4, 0.5) is 14.5 Å². The Balaban J connectivity index is 3.06. The van der Waals surface area contributed by atoms with Crippen LogP contribution in [-0.2, 0) is 0 Å². The first-order chi connectivity index (χ1) is 6.93. The standard InChI is InChI=1S/C8H8F2N2O3/c9-8(10)7(11)4-1-2-5(12(14)15)6(13)3-4/h1-3,7-8,13H,11H2. The number of alkyl halides is 2. The van der Waals surface area contributed by atoms with E-state index in [1.54, 1.807) is 0 Å². The zero-order valence-corrected chi connectivity index (χ0v) is 7.43. The lowest BCUT2D eigenvalue weighted by molar-refractivity contribution is -0.385. The highest BCUT2D eigenvalue weighted by Gasteiger charge is 2.21. The van der Waals surface area contributed by atoms with Crippen LogP contribution in [0.15, 0.2) is 18.2 Å². The topological polar surface area (TPSA) is 89.4 Å². The number of nitro benzene ring substituents is 1. The van der Waals surface area contributed by atoms with E-state index in [4.69, 9.17) is 10.8 Å². The fourth-order valence-electron chi connectivity index (χ4n) is 1.05. The summed E-state index contributed by atoms with van der Waals surface area (Å²) in [4.78, 5) is 9.49. The Kier molecular flexibility index (Phi) is 3.15. The third kappa shape index (κ3) is 2.38. The van der Waals surface area contributed by atoms with Crippen molar-refractivity contribution < 1.29 is 18.8 Å². The lowest BCUT2D eigenvalue weighted by Crippen LogP contribution is -2.18. The second-order valence-electron chi connectivity index (χ2n) is 2.87. The lowest BCUT2D eigenvalue weighted by atomic mass is 10.1. The molecule has 0 fully saturated rings. The minimum atomic E-state index is -2.79. The van der Waals surface area contributed by atoms with Crippen LogP contribution in [0.25, 0.3) is 0 Å². The van der Waals surface area contributed by atoms with E-state index in [1.165, 1.54) is 0 Å². The number of rotatable bonds is 3. The van der Waals surface area contributed by atoms with Crippen molar-refractivity contribution in [2.45, 2.75) is 12.5 Å². The number of aromatic hydroxyl groups is 1. The Hall–Kier alpha value is -1.76. The van der Waals surface area contributed by atoms with Crippen LogP contribution < -0.4 is 5.73 Å². The van der Waals surface area contributed by atoms with E-state index < -0.39 is 28.8 Å². The summed E-state index contributed by atoms with van der Waals surface area (Å²) in [5.41, 5.74) is 4.51. The Labute approximate surface area is 83.3 Å². The summed E-state index contributed by atoms with van der Waals surface area (Å²) in [6.45, 7) is 0. The predicted molar refractivity (Wildman–Crippen MR) is 47.7 cm³/mol. The number of hydrogen-bond donors (Lipinski definition) is 2. The maximum atomic E-state index is 12.2. The number of nitrogens with two attached hydrogens (primary N) is 1. The minimum Gasteiger partial charge on any atom is -0.502 e. The SMILES string of the molecule is NC(c1ccc([N+](=O)[O-])c(O)c1)C(F)F. The second kappa shape index (κ2) is 4.18. The Morgan fingerprint density at radius 1 is 1.47 bits per heavy atom. The second-order valence-corrected chi connectivity index (χ2v) is 2.87. The molecule has 0 aliphatic carbocycles. The molecule has 0 aliphatic rings. The van der Waals surface area contributed by atoms with Gasteiger partial charge in [-0.25, -0.2) is 8.78 Å². The number of nitrogens with zero attached hydrogens (tertiary/aromatic N) is 1. The highest BCUT2D eigenvalue weighted by Crippen LogP contribution is 2.29. The molecule has 1 unspecified atom stereocenters. The smallest absolute Gasteiger partial charge is 0.310 e. The summed E-state index contributed by atoms with van der Waals surface area (Å²) in [6, 6.07) is 1.34. The van der Waals surface area contributed by atoms with Gasteiger partial charge in [-0.3, -0.25) is 10.1 Å². The number of halogens is 2. The van der Waals surface area contributed by atoms with Gasteiger partial charge in [0.2, 0.25) is 0 Å². The molecule has 0 heterocycles. The van der Waals surface area contributed by atoms with Crippen LogP contribution in [0.1, 0.15) is 11.6 Å². The summed E-state index contributed by atoms with van der Waals surface area (Å²) in [6.07, 6.45) is -2.79. The average Bonchev–Trinajstić information content (AvgIpc) is 2.15. The van der Waals surface area contributed by atoms with Gasteiger partial charge < -0.3 is 10.8 Å². The van der Waals surface area contributed by atoms with Gasteiger partial charge in [-0.1, -0.05) is 6.07 Å². The molecular formula is C8H8F2N2O3. The van der Waals surface area contributed by atoms with Gasteiger partial charge in [0, 0.05) is 6.07 Å². The zero-order valence-electron chi connectivity index (χ0n) is 7.43. The first-order valence-corrected chi connectivity index (χ1v) is 3.94. The van der Waals surface area contributed by atoms with Crippen LogP contribution in [-0.4, -0.2) is 16.5 Å². The molecule has 0 radical (unpaired) electrons. The van der Waals surface area contributed by atoms with Gasteiger partial charge in [0.15, 0.2) is 5.75 Å². The van der Waals surface area contributed by atoms with E-state index in [2.05, 4.69) is 0 Å². The minimum absolute atomic E-state index is 0.0481. The molecule has 0 bridgehead atoms. The first-order valence-electron chi connectivity index (χ1n) is 3.94. The number of hydrogen-bond acceptors (Lipinski definition) is 4. The summed E-state index contributed by atoms with van der Waals surface area (Å²) < 4.78 is 24.3. The van der Waals surface area contributed by atoms with Crippen LogP contribution in [0.2, 0.25) is 0 Å². The molecule has 5 nitrogen and oxygen atoms in total. The van der Waals surface area contributed by atoms with Gasteiger partial charge in [-0.05, 0) is 11.6 Å². The van der Waals surface area contributed by atoms with Crippen LogP contribution >= 0.6 is 0 Å². The van der Waals surface area contributed by atoms with Crippen LogP contribution in [0.5, 0.6) is 5.75 Å². The molecular weight excluding hydrogens is 210 g/mol. The van der Waals surface area contributed by atoms with Gasteiger partial charge >= 0.3 is 5.69 Å². The molecule has 7 heteroatoms. The summed E-state index contributed by atoms with van der Waals surface area (Å²) >= 11 is 0. The molecule has 1 aromatic carbocycles. The fraction of sp³-hybridized carbons (Fsp3) is 0.250. The van der Waals surface area contributed by atoms with Gasteiger partial charge in [0.1, 0.15) is 0 Å². The van der Waals surface area contributed by atoms with E-state index in [0.717, 1.165) is 18.2 Å². The van der Waals surface area contributed by atoms with Crippen molar-refractivity contribution in [1.29, 1.82) is 0 Å². The molecule has 0 amide bonds. The monoisotopic (exact) mass is 218 g/mol. The molecule has 0 saturated carbocycles. The van der Waals surface area contributed by atoms with Gasteiger partial charge in [-0.15, -0.1) is 0 Å². The molecule has 0 aromatic heterocycles.